The zero-order valence-corrected chi connectivity index (χ0v) is 13.2. The zero-order valence-electron chi connectivity index (χ0n) is 13.2. The molecule has 21 heavy (non-hydrogen) atoms. The molecule has 0 radical (unpaired) electrons. The average molecular weight is 292 g/mol. The van der Waals surface area contributed by atoms with E-state index >= 15 is 0 Å². The smallest absolute Gasteiger partial charge is 0.227 e. The number of likely N-dealkylation sites (N-methyl/N-ethyl adjacent to an activating group) is 1. The maximum absolute atomic E-state index is 12.4. The van der Waals surface area contributed by atoms with E-state index in [1.807, 2.05) is 31.5 Å². The second-order valence-electron chi connectivity index (χ2n) is 5.97. The molecular formula is C15H24N4O2. The number of likely N-dealkylation sites (tertiary alicyclic amines) is 1. The van der Waals surface area contributed by atoms with Gasteiger partial charge in [-0.05, 0) is 20.8 Å². The summed E-state index contributed by atoms with van der Waals surface area (Å²) in [6.07, 6.45) is 4.01. The van der Waals surface area contributed by atoms with Crippen LogP contribution >= 0.6 is 0 Å². The highest BCUT2D eigenvalue weighted by Gasteiger charge is 2.36. The molecule has 1 atom stereocenters. The maximum atomic E-state index is 12.4. The van der Waals surface area contributed by atoms with Gasteiger partial charge >= 0.3 is 0 Å². The molecule has 1 aliphatic heterocycles. The maximum Gasteiger partial charge on any atom is 0.227 e. The fourth-order valence-corrected chi connectivity index (χ4v) is 2.72. The first-order chi connectivity index (χ1) is 9.90. The Kier molecular flexibility index (Phi) is 4.65. The Labute approximate surface area is 125 Å². The van der Waals surface area contributed by atoms with Crippen molar-refractivity contribution in [2.45, 2.75) is 39.8 Å². The van der Waals surface area contributed by atoms with E-state index in [4.69, 9.17) is 0 Å². The molecule has 1 aromatic heterocycles. The number of hydrogen-bond acceptors (Lipinski definition) is 3. The minimum atomic E-state index is -0.200. The van der Waals surface area contributed by atoms with E-state index in [0.29, 0.717) is 19.5 Å². The number of amides is 2. The lowest BCUT2D eigenvalue weighted by Crippen LogP contribution is -2.37. The summed E-state index contributed by atoms with van der Waals surface area (Å²) in [5, 5.41) is 0. The number of aromatic nitrogens is 2. The first kappa shape index (κ1) is 15.5. The van der Waals surface area contributed by atoms with Crippen molar-refractivity contribution < 1.29 is 9.59 Å². The van der Waals surface area contributed by atoms with Crippen molar-refractivity contribution in [2.24, 2.45) is 5.92 Å². The molecule has 0 unspecified atom stereocenters. The number of hydrogen-bond donors (Lipinski definition) is 0. The summed E-state index contributed by atoms with van der Waals surface area (Å²) in [6.45, 7) is 7.80. The second-order valence-corrected chi connectivity index (χ2v) is 5.97. The molecule has 6 nitrogen and oxygen atoms in total. The molecule has 116 valence electrons. The Morgan fingerprint density at radius 1 is 1.52 bits per heavy atom. The van der Waals surface area contributed by atoms with Gasteiger partial charge in [0.1, 0.15) is 5.82 Å². The Morgan fingerprint density at radius 3 is 2.76 bits per heavy atom. The van der Waals surface area contributed by atoms with Crippen LogP contribution in [0.4, 0.5) is 0 Å². The Balaban J connectivity index is 1.88. The van der Waals surface area contributed by atoms with Crippen molar-refractivity contribution >= 4 is 11.8 Å². The highest BCUT2D eigenvalue weighted by Crippen LogP contribution is 2.21. The molecule has 2 amide bonds. The molecule has 0 spiro atoms. The summed E-state index contributed by atoms with van der Waals surface area (Å²) < 4.78 is 2.02. The van der Waals surface area contributed by atoms with E-state index < -0.39 is 0 Å². The van der Waals surface area contributed by atoms with E-state index in [0.717, 1.165) is 12.4 Å². The molecule has 6 heteroatoms. The number of imidazole rings is 1. The molecule has 0 saturated carbocycles. The van der Waals surface area contributed by atoms with Crippen LogP contribution in [0.3, 0.4) is 0 Å². The Morgan fingerprint density at radius 2 is 2.24 bits per heavy atom. The topological polar surface area (TPSA) is 58.4 Å². The van der Waals surface area contributed by atoms with Crippen LogP contribution in [-0.4, -0.2) is 57.3 Å². The van der Waals surface area contributed by atoms with Crippen molar-refractivity contribution in [3.05, 3.63) is 18.2 Å². The lowest BCUT2D eigenvalue weighted by molar-refractivity contribution is -0.134. The van der Waals surface area contributed by atoms with Crippen LogP contribution < -0.4 is 0 Å². The van der Waals surface area contributed by atoms with Crippen LogP contribution in [0.1, 0.15) is 26.1 Å². The van der Waals surface area contributed by atoms with E-state index in [9.17, 15) is 9.59 Å². The van der Waals surface area contributed by atoms with Crippen molar-refractivity contribution in [3.63, 3.8) is 0 Å². The molecule has 1 aliphatic rings. The van der Waals surface area contributed by atoms with Gasteiger partial charge in [-0.15, -0.1) is 0 Å². The number of carbonyl (C=O) groups excluding carboxylic acids is 2. The summed E-state index contributed by atoms with van der Waals surface area (Å²) in [5.41, 5.74) is 0. The lowest BCUT2D eigenvalue weighted by atomic mass is 10.1. The lowest BCUT2D eigenvalue weighted by Gasteiger charge is -2.23. The third-order valence-corrected chi connectivity index (χ3v) is 4.11. The fourth-order valence-electron chi connectivity index (χ4n) is 2.72. The molecule has 0 N–H and O–H groups in total. The van der Waals surface area contributed by atoms with E-state index in [1.165, 1.54) is 0 Å². The van der Waals surface area contributed by atoms with E-state index in [2.05, 4.69) is 4.98 Å². The standard InChI is InChI=1S/C15H24N4O2/c1-11(2)19-10-13(9-14(19)20)15(21)17(4)7-8-18-6-5-16-12(18)3/h5-6,11,13H,7-10H2,1-4H3/t13-/m0/s1. The van der Waals surface area contributed by atoms with Gasteiger partial charge in [-0.3, -0.25) is 9.59 Å². The number of carbonyl (C=O) groups is 2. The molecule has 1 aromatic rings. The predicted octanol–water partition coefficient (Wildman–Crippen LogP) is 0.907. The third-order valence-electron chi connectivity index (χ3n) is 4.11. The minimum absolute atomic E-state index is 0.0595. The summed E-state index contributed by atoms with van der Waals surface area (Å²) in [7, 11) is 1.80. The van der Waals surface area contributed by atoms with Crippen molar-refractivity contribution in [2.75, 3.05) is 20.1 Å². The highest BCUT2D eigenvalue weighted by atomic mass is 16.2. The third kappa shape index (κ3) is 3.43. The average Bonchev–Trinajstić information content (AvgIpc) is 3.01. The van der Waals surface area contributed by atoms with Crippen molar-refractivity contribution in [1.82, 2.24) is 19.4 Å². The molecular weight excluding hydrogens is 268 g/mol. The Hall–Kier alpha value is -1.85. The first-order valence-electron chi connectivity index (χ1n) is 7.42. The normalized spacial score (nSPS) is 18.6. The highest BCUT2D eigenvalue weighted by molar-refractivity contribution is 5.89. The van der Waals surface area contributed by atoms with Gasteiger partial charge in [-0.25, -0.2) is 4.98 Å². The van der Waals surface area contributed by atoms with Gasteiger partial charge in [0.25, 0.3) is 0 Å². The largest absolute Gasteiger partial charge is 0.344 e. The van der Waals surface area contributed by atoms with Crippen LogP contribution in [0.15, 0.2) is 12.4 Å². The Bertz CT molecular complexity index is 523. The molecule has 2 heterocycles. The number of aryl methyl sites for hydroxylation is 1. The van der Waals surface area contributed by atoms with Crippen LogP contribution in [0, 0.1) is 12.8 Å². The summed E-state index contributed by atoms with van der Waals surface area (Å²) in [6, 6.07) is 0.161. The quantitative estimate of drug-likeness (QED) is 0.810. The molecule has 0 bridgehead atoms. The van der Waals surface area contributed by atoms with Crippen LogP contribution in [0.2, 0.25) is 0 Å². The fraction of sp³-hybridized carbons (Fsp3) is 0.667. The van der Waals surface area contributed by atoms with Gasteiger partial charge in [0.2, 0.25) is 11.8 Å². The zero-order chi connectivity index (χ0) is 15.6. The van der Waals surface area contributed by atoms with Gasteiger partial charge in [-0.2, -0.15) is 0 Å². The summed E-state index contributed by atoms with van der Waals surface area (Å²) in [5.74, 6) is 0.887. The number of rotatable bonds is 5. The monoisotopic (exact) mass is 292 g/mol. The second kappa shape index (κ2) is 6.28. The van der Waals surface area contributed by atoms with E-state index in [1.54, 1.807) is 23.0 Å². The van der Waals surface area contributed by atoms with Gasteiger partial charge < -0.3 is 14.4 Å². The molecule has 2 rings (SSSR count). The molecule has 0 aromatic carbocycles. The van der Waals surface area contributed by atoms with Crippen LogP contribution in [-0.2, 0) is 16.1 Å². The predicted molar refractivity (Wildman–Crippen MR) is 79.6 cm³/mol. The van der Waals surface area contributed by atoms with Gasteiger partial charge in [0, 0.05) is 51.5 Å². The van der Waals surface area contributed by atoms with Gasteiger partial charge in [-0.1, -0.05) is 0 Å². The minimum Gasteiger partial charge on any atom is -0.344 e. The summed E-state index contributed by atoms with van der Waals surface area (Å²) >= 11 is 0. The molecule has 0 aliphatic carbocycles. The van der Waals surface area contributed by atoms with Crippen LogP contribution in [0.25, 0.3) is 0 Å². The van der Waals surface area contributed by atoms with Crippen molar-refractivity contribution in [1.29, 1.82) is 0 Å². The summed E-state index contributed by atoms with van der Waals surface area (Å²) in [4.78, 5) is 32.0. The van der Waals surface area contributed by atoms with Crippen LogP contribution in [0.5, 0.6) is 0 Å². The SMILES string of the molecule is Cc1nccn1CCN(C)C(=O)[C@H]1CC(=O)N(C(C)C)C1. The molecule has 1 fully saturated rings. The van der Waals surface area contributed by atoms with Gasteiger partial charge in [0.15, 0.2) is 0 Å². The van der Waals surface area contributed by atoms with Gasteiger partial charge in [0.05, 0.1) is 5.92 Å². The van der Waals surface area contributed by atoms with Crippen molar-refractivity contribution in [3.8, 4) is 0 Å². The number of nitrogens with zero attached hydrogens (tertiary/aromatic N) is 4. The van der Waals surface area contributed by atoms with E-state index in [-0.39, 0.29) is 23.8 Å². The first-order valence-corrected chi connectivity index (χ1v) is 7.42. The molecule has 1 saturated heterocycles.